The molecule has 0 spiro atoms. The zero-order valence-corrected chi connectivity index (χ0v) is 8.58. The number of carboxylic acid groups (broad SMARTS) is 2. The van der Waals surface area contributed by atoms with Crippen LogP contribution in [0.25, 0.3) is 0 Å². The molecule has 0 radical (unpaired) electrons. The van der Waals surface area contributed by atoms with Gasteiger partial charge in [-0.25, -0.2) is 14.6 Å². The standard InChI is InChI=1S/C7H10N2O.C2H2O4/c1-10-7-6(5-8)3-2-4-9-7;3-1(4)2(5)6/h2-4H,5,8H2,1H3;(H,3,4)(H,5,6). The SMILES string of the molecule is COc1ncccc1CN.O=C(O)C(=O)O. The lowest BCUT2D eigenvalue weighted by Crippen LogP contribution is -2.09. The van der Waals surface area contributed by atoms with Gasteiger partial charge in [-0.2, -0.15) is 0 Å². The molecule has 0 unspecified atom stereocenters. The molecule has 7 heteroatoms. The molecule has 0 aromatic carbocycles. The minimum atomic E-state index is -1.82. The molecule has 4 N–H and O–H groups in total. The lowest BCUT2D eigenvalue weighted by atomic mass is 10.3. The smallest absolute Gasteiger partial charge is 0.414 e. The maximum Gasteiger partial charge on any atom is 0.414 e. The molecule has 0 bridgehead atoms. The zero-order chi connectivity index (χ0) is 12.6. The van der Waals surface area contributed by atoms with Crippen LogP contribution in [0.2, 0.25) is 0 Å². The number of ether oxygens (including phenoxy) is 1. The number of pyridine rings is 1. The monoisotopic (exact) mass is 228 g/mol. The van der Waals surface area contributed by atoms with E-state index in [0.717, 1.165) is 5.56 Å². The van der Waals surface area contributed by atoms with Crippen molar-refractivity contribution in [3.05, 3.63) is 23.9 Å². The molecular weight excluding hydrogens is 216 g/mol. The van der Waals surface area contributed by atoms with Crippen LogP contribution in [0.5, 0.6) is 5.88 Å². The van der Waals surface area contributed by atoms with Crippen molar-refractivity contribution in [3.8, 4) is 5.88 Å². The van der Waals surface area contributed by atoms with Gasteiger partial charge in [0.05, 0.1) is 7.11 Å². The van der Waals surface area contributed by atoms with E-state index in [1.807, 2.05) is 12.1 Å². The molecule has 0 fully saturated rings. The second kappa shape index (κ2) is 7.18. The van der Waals surface area contributed by atoms with Crippen molar-refractivity contribution in [3.63, 3.8) is 0 Å². The Morgan fingerprint density at radius 2 is 2.00 bits per heavy atom. The largest absolute Gasteiger partial charge is 0.481 e. The van der Waals surface area contributed by atoms with Crippen LogP contribution in [0.15, 0.2) is 18.3 Å². The second-order valence-electron chi connectivity index (χ2n) is 2.49. The van der Waals surface area contributed by atoms with Gasteiger partial charge in [-0.15, -0.1) is 0 Å². The number of aromatic nitrogens is 1. The highest BCUT2D eigenvalue weighted by Gasteiger charge is 2.04. The second-order valence-corrected chi connectivity index (χ2v) is 2.49. The topological polar surface area (TPSA) is 123 Å². The lowest BCUT2D eigenvalue weighted by Gasteiger charge is -2.02. The molecule has 0 aliphatic rings. The van der Waals surface area contributed by atoms with Crippen LogP contribution in [-0.4, -0.2) is 34.2 Å². The van der Waals surface area contributed by atoms with Crippen molar-refractivity contribution in [2.45, 2.75) is 6.54 Å². The van der Waals surface area contributed by atoms with Crippen LogP contribution >= 0.6 is 0 Å². The fraction of sp³-hybridized carbons (Fsp3) is 0.222. The zero-order valence-electron chi connectivity index (χ0n) is 8.58. The Hall–Kier alpha value is -2.15. The van der Waals surface area contributed by atoms with Crippen molar-refractivity contribution < 1.29 is 24.5 Å². The Bertz CT molecular complexity index is 332. The lowest BCUT2D eigenvalue weighted by molar-refractivity contribution is -0.159. The number of nitrogens with two attached hydrogens (primary N) is 1. The van der Waals surface area contributed by atoms with Gasteiger partial charge in [0, 0.05) is 18.3 Å². The number of hydrogen-bond acceptors (Lipinski definition) is 5. The normalized spacial score (nSPS) is 8.62. The van der Waals surface area contributed by atoms with Gasteiger partial charge < -0.3 is 20.7 Å². The minimum absolute atomic E-state index is 0.469. The van der Waals surface area contributed by atoms with E-state index >= 15 is 0 Å². The molecule has 0 aliphatic heterocycles. The van der Waals surface area contributed by atoms with Crippen molar-refractivity contribution in [1.29, 1.82) is 0 Å². The average Bonchev–Trinajstić information content (AvgIpc) is 2.29. The molecule has 1 aromatic rings. The molecule has 0 aliphatic carbocycles. The van der Waals surface area contributed by atoms with E-state index in [0.29, 0.717) is 12.4 Å². The summed E-state index contributed by atoms with van der Waals surface area (Å²) in [4.78, 5) is 22.2. The molecule has 0 saturated carbocycles. The molecule has 7 nitrogen and oxygen atoms in total. The Kier molecular flexibility index (Phi) is 6.22. The molecular formula is C9H12N2O5. The summed E-state index contributed by atoms with van der Waals surface area (Å²) in [6.45, 7) is 0.469. The van der Waals surface area contributed by atoms with Gasteiger partial charge in [-0.1, -0.05) is 6.07 Å². The Morgan fingerprint density at radius 1 is 1.44 bits per heavy atom. The molecule has 1 rings (SSSR count). The number of aliphatic carboxylic acids is 2. The quantitative estimate of drug-likeness (QED) is 0.594. The van der Waals surface area contributed by atoms with Crippen molar-refractivity contribution in [2.75, 3.05) is 7.11 Å². The van der Waals surface area contributed by atoms with E-state index in [2.05, 4.69) is 4.98 Å². The third-order valence-corrected chi connectivity index (χ3v) is 1.45. The summed E-state index contributed by atoms with van der Waals surface area (Å²) in [5.74, 6) is -3.03. The molecule has 0 saturated heterocycles. The summed E-state index contributed by atoms with van der Waals surface area (Å²) in [7, 11) is 1.58. The highest BCUT2D eigenvalue weighted by molar-refractivity contribution is 6.27. The van der Waals surface area contributed by atoms with Crippen LogP contribution < -0.4 is 10.5 Å². The van der Waals surface area contributed by atoms with Gasteiger partial charge in [-0.3, -0.25) is 0 Å². The van der Waals surface area contributed by atoms with E-state index < -0.39 is 11.9 Å². The molecule has 1 heterocycles. The minimum Gasteiger partial charge on any atom is -0.481 e. The fourth-order valence-electron chi connectivity index (χ4n) is 0.763. The van der Waals surface area contributed by atoms with E-state index in [4.69, 9.17) is 30.3 Å². The van der Waals surface area contributed by atoms with E-state index in [1.54, 1.807) is 13.3 Å². The summed E-state index contributed by atoms with van der Waals surface area (Å²) in [6.07, 6.45) is 1.68. The third kappa shape index (κ3) is 4.91. The number of rotatable bonds is 2. The number of hydrogen-bond donors (Lipinski definition) is 3. The Morgan fingerprint density at radius 3 is 2.31 bits per heavy atom. The number of nitrogens with zero attached hydrogens (tertiary/aromatic N) is 1. The van der Waals surface area contributed by atoms with Crippen LogP contribution in [-0.2, 0) is 16.1 Å². The fourth-order valence-corrected chi connectivity index (χ4v) is 0.763. The highest BCUT2D eigenvalue weighted by Crippen LogP contribution is 2.11. The maximum absolute atomic E-state index is 9.10. The first kappa shape index (κ1) is 13.8. The van der Waals surface area contributed by atoms with Crippen LogP contribution in [0.4, 0.5) is 0 Å². The van der Waals surface area contributed by atoms with E-state index in [1.165, 1.54) is 0 Å². The van der Waals surface area contributed by atoms with Gasteiger partial charge in [0.15, 0.2) is 0 Å². The van der Waals surface area contributed by atoms with Crippen molar-refractivity contribution in [2.24, 2.45) is 5.73 Å². The van der Waals surface area contributed by atoms with Gasteiger partial charge >= 0.3 is 11.9 Å². The van der Waals surface area contributed by atoms with Crippen molar-refractivity contribution in [1.82, 2.24) is 4.98 Å². The predicted molar refractivity (Wildman–Crippen MR) is 54.0 cm³/mol. The molecule has 1 aromatic heterocycles. The summed E-state index contributed by atoms with van der Waals surface area (Å²) in [6, 6.07) is 3.73. The summed E-state index contributed by atoms with van der Waals surface area (Å²) < 4.78 is 4.95. The molecule has 16 heavy (non-hydrogen) atoms. The van der Waals surface area contributed by atoms with Gasteiger partial charge in [0.25, 0.3) is 0 Å². The number of carboxylic acids is 2. The van der Waals surface area contributed by atoms with Crippen LogP contribution in [0, 0.1) is 0 Å². The summed E-state index contributed by atoms with van der Waals surface area (Å²) in [5.41, 5.74) is 6.34. The third-order valence-electron chi connectivity index (χ3n) is 1.45. The molecule has 0 amide bonds. The van der Waals surface area contributed by atoms with Crippen molar-refractivity contribution >= 4 is 11.9 Å². The van der Waals surface area contributed by atoms with Gasteiger partial charge in [0.1, 0.15) is 0 Å². The van der Waals surface area contributed by atoms with Crippen LogP contribution in [0.3, 0.4) is 0 Å². The number of methoxy groups -OCH3 is 1. The van der Waals surface area contributed by atoms with Crippen LogP contribution in [0.1, 0.15) is 5.56 Å². The van der Waals surface area contributed by atoms with E-state index in [9.17, 15) is 0 Å². The molecule has 0 atom stereocenters. The first-order chi connectivity index (χ1) is 7.52. The first-order valence-electron chi connectivity index (χ1n) is 4.17. The summed E-state index contributed by atoms with van der Waals surface area (Å²) >= 11 is 0. The molecule has 88 valence electrons. The first-order valence-corrected chi connectivity index (χ1v) is 4.17. The predicted octanol–water partition coefficient (Wildman–Crippen LogP) is -0.295. The average molecular weight is 228 g/mol. The van der Waals surface area contributed by atoms with E-state index in [-0.39, 0.29) is 0 Å². The Labute approximate surface area is 91.5 Å². The van der Waals surface area contributed by atoms with Gasteiger partial charge in [-0.05, 0) is 6.07 Å². The summed E-state index contributed by atoms with van der Waals surface area (Å²) in [5, 5.41) is 14.8. The van der Waals surface area contributed by atoms with Gasteiger partial charge in [0.2, 0.25) is 5.88 Å². The highest BCUT2D eigenvalue weighted by atomic mass is 16.5. The number of carbonyl (C=O) groups is 2. The maximum atomic E-state index is 9.10. The Balaban J connectivity index is 0.000000325.